The first kappa shape index (κ1) is 16.9. The Labute approximate surface area is 89.0 Å². The standard InChI is InChI=1S/C4H9O.CH2Cl2.Na/c1-4(2,3)5;2-1-3;/h1-3H3;1H2;/q-1;;+1. The van der Waals surface area contributed by atoms with Gasteiger partial charge in [-0.1, -0.05) is 20.8 Å². The molecule has 0 atom stereocenters. The van der Waals surface area contributed by atoms with Crippen molar-refractivity contribution in [3.05, 3.63) is 0 Å². The second kappa shape index (κ2) is 9.54. The Balaban J connectivity index is -0.0000000800. The molecule has 0 bridgehead atoms. The van der Waals surface area contributed by atoms with E-state index in [1.54, 1.807) is 20.8 Å². The number of alkyl halides is 2. The summed E-state index contributed by atoms with van der Waals surface area (Å²) >= 11 is 9.53. The molecule has 0 aliphatic carbocycles. The van der Waals surface area contributed by atoms with Gasteiger partial charge in [-0.25, -0.2) is 0 Å². The van der Waals surface area contributed by atoms with Gasteiger partial charge >= 0.3 is 29.6 Å². The summed E-state index contributed by atoms with van der Waals surface area (Å²) in [4.78, 5) is 0. The zero-order valence-electron chi connectivity index (χ0n) is 6.37. The summed E-state index contributed by atoms with van der Waals surface area (Å²) in [6, 6.07) is 0. The topological polar surface area (TPSA) is 23.1 Å². The number of hydrogen-bond acceptors (Lipinski definition) is 1. The van der Waals surface area contributed by atoms with Crippen LogP contribution in [0.2, 0.25) is 0 Å². The van der Waals surface area contributed by atoms with Gasteiger partial charge in [0.2, 0.25) is 0 Å². The zero-order valence-corrected chi connectivity index (χ0v) is 9.88. The molecule has 0 unspecified atom stereocenters. The van der Waals surface area contributed by atoms with E-state index in [1.165, 1.54) is 0 Å². The Morgan fingerprint density at radius 2 is 1.22 bits per heavy atom. The van der Waals surface area contributed by atoms with E-state index in [9.17, 15) is 5.11 Å². The maximum Gasteiger partial charge on any atom is 1.00 e. The minimum atomic E-state index is -0.750. The molecule has 0 saturated heterocycles. The van der Waals surface area contributed by atoms with Gasteiger partial charge < -0.3 is 5.11 Å². The molecule has 0 N–H and O–H groups in total. The molecule has 1 nitrogen and oxygen atoms in total. The van der Waals surface area contributed by atoms with E-state index in [0.717, 1.165) is 0 Å². The third-order valence-corrected chi connectivity index (χ3v) is 0. The largest absolute Gasteiger partial charge is 1.00 e. The fourth-order valence-electron chi connectivity index (χ4n) is 0. The second-order valence-corrected chi connectivity index (χ2v) is 3.02. The molecule has 4 heteroatoms. The van der Waals surface area contributed by atoms with Crippen LogP contribution in [-0.4, -0.2) is 10.9 Å². The molecule has 52 valence electrons. The Morgan fingerprint density at radius 3 is 1.22 bits per heavy atom. The average molecular weight is 181 g/mol. The molecule has 0 aliphatic heterocycles. The molecule has 0 aromatic rings. The molecule has 0 amide bonds. The molecule has 0 saturated carbocycles. The van der Waals surface area contributed by atoms with Crippen LogP contribution in [0.1, 0.15) is 20.8 Å². The van der Waals surface area contributed by atoms with Crippen molar-refractivity contribution in [3.8, 4) is 0 Å². The van der Waals surface area contributed by atoms with Crippen LogP contribution in [0.5, 0.6) is 0 Å². The fourth-order valence-corrected chi connectivity index (χ4v) is 0. The third-order valence-electron chi connectivity index (χ3n) is 0. The first-order valence-corrected chi connectivity index (χ1v) is 3.31. The van der Waals surface area contributed by atoms with Crippen LogP contribution in [0, 0.1) is 0 Å². The average Bonchev–Trinajstić information content (AvgIpc) is 1.27. The van der Waals surface area contributed by atoms with Crippen LogP contribution in [0.3, 0.4) is 0 Å². The summed E-state index contributed by atoms with van der Waals surface area (Å²) < 4.78 is 0. The summed E-state index contributed by atoms with van der Waals surface area (Å²) in [7, 11) is 0. The van der Waals surface area contributed by atoms with Crippen LogP contribution in [0.15, 0.2) is 0 Å². The van der Waals surface area contributed by atoms with E-state index in [1.807, 2.05) is 0 Å². The number of rotatable bonds is 0. The van der Waals surface area contributed by atoms with Gasteiger partial charge in [0.1, 0.15) is 0 Å². The Hall–Kier alpha value is 1.54. The van der Waals surface area contributed by atoms with E-state index in [-0.39, 0.29) is 34.9 Å². The van der Waals surface area contributed by atoms with Crippen molar-refractivity contribution in [2.24, 2.45) is 0 Å². The van der Waals surface area contributed by atoms with Crippen molar-refractivity contribution in [1.29, 1.82) is 0 Å². The summed E-state index contributed by atoms with van der Waals surface area (Å²) in [6.45, 7) is 4.90. The second-order valence-electron chi connectivity index (χ2n) is 2.21. The number of halogens is 2. The van der Waals surface area contributed by atoms with Crippen LogP contribution < -0.4 is 34.7 Å². The first-order chi connectivity index (χ1) is 3.41. The molecule has 0 radical (unpaired) electrons. The fraction of sp³-hybridized carbons (Fsp3) is 1.00. The molecule has 0 aromatic heterocycles. The van der Waals surface area contributed by atoms with Gasteiger partial charge in [-0.3, -0.25) is 0 Å². The van der Waals surface area contributed by atoms with E-state index in [0.29, 0.717) is 0 Å². The van der Waals surface area contributed by atoms with Crippen LogP contribution >= 0.6 is 23.2 Å². The van der Waals surface area contributed by atoms with Crippen molar-refractivity contribution in [2.75, 3.05) is 5.34 Å². The van der Waals surface area contributed by atoms with Crippen LogP contribution in [0.4, 0.5) is 0 Å². The molecule has 9 heavy (non-hydrogen) atoms. The molecule has 0 aliphatic rings. The molecule has 0 aromatic carbocycles. The predicted octanol–water partition coefficient (Wildman–Crippen LogP) is -1.43. The van der Waals surface area contributed by atoms with Gasteiger partial charge in [0.15, 0.2) is 0 Å². The summed E-state index contributed by atoms with van der Waals surface area (Å²) in [5, 5.41) is 10.3. The SMILES string of the molecule is CC(C)(C)[O-].ClCCl.[Na+]. The Bertz CT molecular complexity index is 38.7. The van der Waals surface area contributed by atoms with Gasteiger partial charge in [0, 0.05) is 0 Å². The smallest absolute Gasteiger partial charge is 0.850 e. The quantitative estimate of drug-likeness (QED) is 0.332. The third kappa shape index (κ3) is 229. The summed E-state index contributed by atoms with van der Waals surface area (Å²) in [5.74, 6) is 0. The van der Waals surface area contributed by atoms with E-state index in [2.05, 4.69) is 0 Å². The molecular weight excluding hydrogens is 170 g/mol. The Kier molecular flexibility index (Phi) is 17.9. The van der Waals surface area contributed by atoms with Gasteiger partial charge in [0.05, 0.1) is 5.34 Å². The van der Waals surface area contributed by atoms with E-state index in [4.69, 9.17) is 23.2 Å². The maximum atomic E-state index is 10.1. The monoisotopic (exact) mass is 180 g/mol. The van der Waals surface area contributed by atoms with Crippen molar-refractivity contribution in [1.82, 2.24) is 0 Å². The van der Waals surface area contributed by atoms with Crippen molar-refractivity contribution >= 4 is 23.2 Å². The van der Waals surface area contributed by atoms with Crippen LogP contribution in [-0.2, 0) is 0 Å². The summed E-state index contributed by atoms with van der Waals surface area (Å²) in [5.41, 5.74) is -0.750. The van der Waals surface area contributed by atoms with E-state index < -0.39 is 5.60 Å². The van der Waals surface area contributed by atoms with Crippen molar-refractivity contribution in [2.45, 2.75) is 26.4 Å². The summed E-state index contributed by atoms with van der Waals surface area (Å²) in [6.07, 6.45) is 0. The molecule has 0 rings (SSSR count). The van der Waals surface area contributed by atoms with Gasteiger partial charge in [-0.05, 0) is 0 Å². The normalized spacial score (nSPS) is 8.67. The van der Waals surface area contributed by atoms with Gasteiger partial charge in [-0.2, -0.15) is 0 Å². The van der Waals surface area contributed by atoms with Crippen molar-refractivity contribution in [3.63, 3.8) is 0 Å². The molecule has 0 spiro atoms. The Morgan fingerprint density at radius 1 is 1.22 bits per heavy atom. The van der Waals surface area contributed by atoms with Crippen molar-refractivity contribution < 1.29 is 34.7 Å². The predicted molar refractivity (Wildman–Crippen MR) is 36.3 cm³/mol. The minimum absolute atomic E-state index is 0. The molecule has 0 fully saturated rings. The van der Waals surface area contributed by atoms with Gasteiger partial charge in [0.25, 0.3) is 0 Å². The first-order valence-electron chi connectivity index (χ1n) is 2.24. The molecule has 0 heterocycles. The zero-order chi connectivity index (χ0) is 7.21. The minimum Gasteiger partial charge on any atom is -0.850 e. The molecular formula is C5H11Cl2NaO. The number of hydrogen-bond donors (Lipinski definition) is 0. The van der Waals surface area contributed by atoms with Gasteiger partial charge in [-0.15, -0.1) is 28.8 Å². The van der Waals surface area contributed by atoms with Crippen LogP contribution in [0.25, 0.3) is 0 Å². The van der Waals surface area contributed by atoms with E-state index >= 15 is 0 Å². The maximum absolute atomic E-state index is 10.1.